The molecular weight excluding hydrogens is 286 g/mol. The molecule has 2 rings (SSSR count). The van der Waals surface area contributed by atoms with Crippen LogP contribution in [0.3, 0.4) is 0 Å². The number of nitrogens with zero attached hydrogens (tertiary/aromatic N) is 1. The Kier molecular flexibility index (Phi) is 6.18. The fourth-order valence-corrected chi connectivity index (χ4v) is 2.35. The summed E-state index contributed by atoms with van der Waals surface area (Å²) in [5.74, 6) is 0. The zero-order chi connectivity index (χ0) is 16.7. The summed E-state index contributed by atoms with van der Waals surface area (Å²) in [7, 11) is 4.07. The van der Waals surface area contributed by atoms with Gasteiger partial charge in [-0.3, -0.25) is 0 Å². The van der Waals surface area contributed by atoms with E-state index in [1.807, 2.05) is 63.5 Å². The van der Waals surface area contributed by atoms with E-state index in [1.54, 1.807) is 0 Å². The van der Waals surface area contributed by atoms with Crippen molar-refractivity contribution in [3.8, 4) is 0 Å². The van der Waals surface area contributed by atoms with E-state index in [0.29, 0.717) is 6.54 Å². The van der Waals surface area contributed by atoms with Gasteiger partial charge < -0.3 is 15.5 Å². The second-order valence-electron chi connectivity index (χ2n) is 6.01. The van der Waals surface area contributed by atoms with Crippen LogP contribution in [0.2, 0.25) is 0 Å². The lowest BCUT2D eigenvalue weighted by molar-refractivity contribution is 0.242. The topological polar surface area (TPSA) is 44.4 Å². The third kappa shape index (κ3) is 5.75. The number of benzene rings is 2. The number of nitrogens with one attached hydrogen (secondary N) is 2. The first-order valence-electron chi connectivity index (χ1n) is 7.86. The van der Waals surface area contributed by atoms with Crippen molar-refractivity contribution in [2.45, 2.75) is 19.4 Å². The van der Waals surface area contributed by atoms with Crippen LogP contribution in [0.5, 0.6) is 0 Å². The summed E-state index contributed by atoms with van der Waals surface area (Å²) in [4.78, 5) is 14.2. The maximum atomic E-state index is 12.0. The van der Waals surface area contributed by atoms with E-state index in [-0.39, 0.29) is 12.1 Å². The highest BCUT2D eigenvalue weighted by molar-refractivity contribution is 5.89. The number of likely N-dealkylation sites (N-methyl/N-ethyl adjacent to an activating group) is 1. The third-order valence-corrected chi connectivity index (χ3v) is 3.85. The smallest absolute Gasteiger partial charge is 0.319 e. The Morgan fingerprint density at radius 1 is 1.04 bits per heavy atom. The lowest BCUT2D eigenvalue weighted by Crippen LogP contribution is -2.43. The Labute approximate surface area is 138 Å². The molecule has 2 aromatic carbocycles. The van der Waals surface area contributed by atoms with Crippen LogP contribution in [-0.2, 0) is 6.42 Å². The predicted octanol–water partition coefficient (Wildman–Crippen LogP) is 3.29. The standard InChI is InChI=1S/C19H25N3O/c1-15-9-11-17(12-10-15)21-19(23)20-14-18(22(2)3)13-16-7-5-4-6-8-16/h4-12,18H,13-14H2,1-3H3,(H2,20,21,23). The molecule has 0 aromatic heterocycles. The lowest BCUT2D eigenvalue weighted by Gasteiger charge is -2.25. The van der Waals surface area contributed by atoms with Gasteiger partial charge in [-0.2, -0.15) is 0 Å². The number of hydrogen-bond donors (Lipinski definition) is 2. The number of aryl methyl sites for hydroxylation is 1. The number of rotatable bonds is 6. The molecule has 0 saturated carbocycles. The van der Waals surface area contributed by atoms with Gasteiger partial charge in [0.15, 0.2) is 0 Å². The predicted molar refractivity (Wildman–Crippen MR) is 95.8 cm³/mol. The average molecular weight is 311 g/mol. The van der Waals surface area contributed by atoms with Gasteiger partial charge in [0.05, 0.1) is 0 Å². The molecule has 4 heteroatoms. The van der Waals surface area contributed by atoms with Crippen molar-refractivity contribution in [2.75, 3.05) is 26.0 Å². The van der Waals surface area contributed by atoms with Crippen LogP contribution in [0, 0.1) is 6.92 Å². The summed E-state index contributed by atoms with van der Waals surface area (Å²) < 4.78 is 0. The van der Waals surface area contributed by atoms with E-state index in [1.165, 1.54) is 11.1 Å². The maximum Gasteiger partial charge on any atom is 0.319 e. The lowest BCUT2D eigenvalue weighted by atomic mass is 10.1. The zero-order valence-corrected chi connectivity index (χ0v) is 14.0. The van der Waals surface area contributed by atoms with Crippen LogP contribution >= 0.6 is 0 Å². The Morgan fingerprint density at radius 2 is 1.70 bits per heavy atom. The molecule has 23 heavy (non-hydrogen) atoms. The van der Waals surface area contributed by atoms with E-state index < -0.39 is 0 Å². The van der Waals surface area contributed by atoms with Gasteiger partial charge in [-0.15, -0.1) is 0 Å². The third-order valence-electron chi connectivity index (χ3n) is 3.85. The average Bonchev–Trinajstić information content (AvgIpc) is 2.54. The first-order valence-corrected chi connectivity index (χ1v) is 7.86. The molecule has 2 amide bonds. The van der Waals surface area contributed by atoms with Gasteiger partial charge in [-0.05, 0) is 45.1 Å². The molecule has 0 fully saturated rings. The monoisotopic (exact) mass is 311 g/mol. The quantitative estimate of drug-likeness (QED) is 0.860. The van der Waals surface area contributed by atoms with Crippen molar-refractivity contribution in [2.24, 2.45) is 0 Å². The van der Waals surface area contributed by atoms with E-state index in [9.17, 15) is 4.79 Å². The summed E-state index contributed by atoms with van der Waals surface area (Å²) >= 11 is 0. The normalized spacial score (nSPS) is 12.0. The van der Waals surface area contributed by atoms with Crippen LogP contribution < -0.4 is 10.6 Å². The van der Waals surface area contributed by atoms with Crippen LogP contribution in [0.4, 0.5) is 10.5 Å². The number of amides is 2. The first-order chi connectivity index (χ1) is 11.0. The molecule has 0 aliphatic carbocycles. The molecule has 2 aromatic rings. The molecule has 2 N–H and O–H groups in total. The fourth-order valence-electron chi connectivity index (χ4n) is 2.35. The number of carbonyl (C=O) groups excluding carboxylic acids is 1. The summed E-state index contributed by atoms with van der Waals surface area (Å²) in [6, 6.07) is 18.2. The van der Waals surface area contributed by atoms with Gasteiger partial charge in [-0.1, -0.05) is 48.0 Å². The number of anilines is 1. The molecule has 4 nitrogen and oxygen atoms in total. The molecule has 0 aliphatic heterocycles. The SMILES string of the molecule is Cc1ccc(NC(=O)NCC(Cc2ccccc2)N(C)C)cc1. The molecule has 1 atom stereocenters. The van der Waals surface area contributed by atoms with Gasteiger partial charge in [0, 0.05) is 18.3 Å². The van der Waals surface area contributed by atoms with Crippen LogP contribution in [0.1, 0.15) is 11.1 Å². The summed E-state index contributed by atoms with van der Waals surface area (Å²) in [5.41, 5.74) is 3.25. The van der Waals surface area contributed by atoms with Crippen molar-refractivity contribution < 1.29 is 4.79 Å². The Bertz CT molecular complexity index is 608. The molecular formula is C19H25N3O. The summed E-state index contributed by atoms with van der Waals surface area (Å²) in [6.07, 6.45) is 0.901. The number of hydrogen-bond acceptors (Lipinski definition) is 2. The van der Waals surface area contributed by atoms with Crippen LogP contribution in [-0.4, -0.2) is 37.6 Å². The van der Waals surface area contributed by atoms with E-state index in [0.717, 1.165) is 12.1 Å². The van der Waals surface area contributed by atoms with Crippen LogP contribution in [0.25, 0.3) is 0 Å². The highest BCUT2D eigenvalue weighted by atomic mass is 16.2. The van der Waals surface area contributed by atoms with Crippen LogP contribution in [0.15, 0.2) is 54.6 Å². The zero-order valence-electron chi connectivity index (χ0n) is 14.0. The minimum absolute atomic E-state index is 0.172. The Balaban J connectivity index is 1.85. The number of carbonyl (C=O) groups is 1. The molecule has 0 bridgehead atoms. The highest BCUT2D eigenvalue weighted by Crippen LogP contribution is 2.09. The van der Waals surface area contributed by atoms with Gasteiger partial charge >= 0.3 is 6.03 Å². The molecule has 0 heterocycles. The van der Waals surface area contributed by atoms with Crippen molar-refractivity contribution in [3.05, 3.63) is 65.7 Å². The first kappa shape index (κ1) is 17.0. The van der Waals surface area contributed by atoms with E-state index in [2.05, 4.69) is 27.7 Å². The second kappa shape index (κ2) is 8.34. The summed E-state index contributed by atoms with van der Waals surface area (Å²) in [5, 5.41) is 5.81. The molecule has 0 spiro atoms. The van der Waals surface area contributed by atoms with Gasteiger partial charge in [0.2, 0.25) is 0 Å². The minimum Gasteiger partial charge on any atom is -0.336 e. The van der Waals surface area contributed by atoms with Crippen molar-refractivity contribution in [1.82, 2.24) is 10.2 Å². The van der Waals surface area contributed by atoms with Gasteiger partial charge in [0.1, 0.15) is 0 Å². The van der Waals surface area contributed by atoms with Crippen molar-refractivity contribution in [3.63, 3.8) is 0 Å². The largest absolute Gasteiger partial charge is 0.336 e. The molecule has 1 unspecified atom stereocenters. The summed E-state index contributed by atoms with van der Waals surface area (Å²) in [6.45, 7) is 2.62. The van der Waals surface area contributed by atoms with Gasteiger partial charge in [-0.25, -0.2) is 4.79 Å². The minimum atomic E-state index is -0.172. The van der Waals surface area contributed by atoms with Crippen molar-refractivity contribution in [1.29, 1.82) is 0 Å². The van der Waals surface area contributed by atoms with E-state index in [4.69, 9.17) is 0 Å². The maximum absolute atomic E-state index is 12.0. The van der Waals surface area contributed by atoms with Gasteiger partial charge in [0.25, 0.3) is 0 Å². The second-order valence-corrected chi connectivity index (χ2v) is 6.01. The molecule has 122 valence electrons. The fraction of sp³-hybridized carbons (Fsp3) is 0.316. The molecule has 0 saturated heterocycles. The molecule has 0 aliphatic rings. The molecule has 0 radical (unpaired) electrons. The Morgan fingerprint density at radius 3 is 2.30 bits per heavy atom. The highest BCUT2D eigenvalue weighted by Gasteiger charge is 2.13. The van der Waals surface area contributed by atoms with E-state index >= 15 is 0 Å². The number of urea groups is 1. The Hall–Kier alpha value is -2.33. The van der Waals surface area contributed by atoms with Crippen molar-refractivity contribution >= 4 is 11.7 Å².